The van der Waals surface area contributed by atoms with Crippen molar-refractivity contribution in [2.24, 2.45) is 0 Å². The Labute approximate surface area is 233 Å². The fourth-order valence-corrected chi connectivity index (χ4v) is 3.94. The fraction of sp³-hybridized carbons (Fsp3) is 0.233. The molecule has 212 valence electrons. The van der Waals surface area contributed by atoms with Gasteiger partial charge in [-0.2, -0.15) is 0 Å². The Morgan fingerprint density at radius 2 is 1.07 bits per heavy atom. The lowest BCUT2D eigenvalue weighted by atomic mass is 10.1. The summed E-state index contributed by atoms with van der Waals surface area (Å²) in [4.78, 5) is 12.9. The quantitative estimate of drug-likeness (QED) is 0.176. The number of ether oxygens (including phenoxy) is 7. The van der Waals surface area contributed by atoms with Crippen molar-refractivity contribution in [2.75, 3.05) is 55.1 Å². The van der Waals surface area contributed by atoms with Gasteiger partial charge in [-0.1, -0.05) is 12.2 Å². The second-order valence-electron chi connectivity index (χ2n) is 8.15. The molecule has 2 N–H and O–H groups in total. The molecule has 10 nitrogen and oxygen atoms in total. The predicted molar refractivity (Wildman–Crippen MR) is 153 cm³/mol. The molecule has 3 rings (SSSR count). The Morgan fingerprint density at radius 3 is 1.50 bits per heavy atom. The van der Waals surface area contributed by atoms with E-state index >= 15 is 0 Å². The minimum atomic E-state index is -0.486. The zero-order valence-electron chi connectivity index (χ0n) is 23.5. The van der Waals surface area contributed by atoms with Crippen LogP contribution < -0.4 is 38.5 Å². The zero-order chi connectivity index (χ0) is 29.2. The van der Waals surface area contributed by atoms with Crippen molar-refractivity contribution >= 4 is 29.8 Å². The molecule has 0 aromatic heterocycles. The van der Waals surface area contributed by atoms with E-state index in [-0.39, 0.29) is 17.2 Å². The van der Waals surface area contributed by atoms with Crippen molar-refractivity contribution in [3.05, 3.63) is 59.2 Å². The third-order valence-electron chi connectivity index (χ3n) is 5.90. The largest absolute Gasteiger partial charge is 0.503 e. The van der Waals surface area contributed by atoms with Gasteiger partial charge >= 0.3 is 0 Å². The topological polar surface area (TPSA) is 114 Å². The second-order valence-corrected chi connectivity index (χ2v) is 8.15. The van der Waals surface area contributed by atoms with Gasteiger partial charge < -0.3 is 43.6 Å². The molecule has 0 saturated heterocycles. The van der Waals surface area contributed by atoms with Gasteiger partial charge in [0.15, 0.2) is 34.5 Å². The van der Waals surface area contributed by atoms with Crippen molar-refractivity contribution in [3.8, 4) is 46.0 Å². The van der Waals surface area contributed by atoms with E-state index in [0.717, 1.165) is 5.56 Å². The molecule has 0 aliphatic carbocycles. The molecular formula is C30H33NO9. The van der Waals surface area contributed by atoms with E-state index in [1.54, 1.807) is 54.6 Å². The van der Waals surface area contributed by atoms with Crippen LogP contribution in [0.1, 0.15) is 16.7 Å². The second kappa shape index (κ2) is 13.7. The minimum absolute atomic E-state index is 0.169. The van der Waals surface area contributed by atoms with E-state index in [1.807, 2.05) is 0 Å². The van der Waals surface area contributed by atoms with Gasteiger partial charge in [0.1, 0.15) is 0 Å². The maximum atomic E-state index is 12.9. The summed E-state index contributed by atoms with van der Waals surface area (Å²) >= 11 is 0. The number of carbonyl (C=O) groups is 1. The number of phenols is 1. The molecular weight excluding hydrogens is 518 g/mol. The number of hydrogen-bond donors (Lipinski definition) is 2. The molecule has 10 heteroatoms. The van der Waals surface area contributed by atoms with Crippen molar-refractivity contribution in [1.82, 2.24) is 0 Å². The number of amides is 1. The zero-order valence-corrected chi connectivity index (χ0v) is 23.5. The number of phenolic OH excluding ortho intramolecular Hbond substituents is 1. The highest BCUT2D eigenvalue weighted by Gasteiger charge is 2.16. The van der Waals surface area contributed by atoms with E-state index in [9.17, 15) is 9.90 Å². The molecule has 3 aromatic rings. The monoisotopic (exact) mass is 551 g/mol. The smallest absolute Gasteiger partial charge is 0.248 e. The van der Waals surface area contributed by atoms with Crippen LogP contribution in [0, 0.1) is 0 Å². The van der Waals surface area contributed by atoms with Gasteiger partial charge in [-0.05, 0) is 53.6 Å². The maximum Gasteiger partial charge on any atom is 0.248 e. The summed E-state index contributed by atoms with van der Waals surface area (Å²) in [6, 6.07) is 10.3. The van der Waals surface area contributed by atoms with Gasteiger partial charge in [-0.25, -0.2) is 0 Å². The average molecular weight is 552 g/mol. The molecule has 0 aliphatic rings. The Bertz CT molecular complexity index is 1360. The number of rotatable bonds is 12. The maximum absolute atomic E-state index is 12.9. The standard InChI is InChI=1S/C30H33NO9/c1-34-21-12-11-20(10-8-18-14-22(35-2)29(39-6)23(15-18)36-3)27(28(21)33)31-26(32)13-9-19-16-24(37-4)30(40-7)25(17-19)38-5/h8-17,33H,1-7H3,(H,31,32)/b10-8?,13-9+. The summed E-state index contributed by atoms with van der Waals surface area (Å²) in [5.74, 6) is 2.29. The van der Waals surface area contributed by atoms with E-state index in [4.69, 9.17) is 33.2 Å². The number of hydrogen-bond acceptors (Lipinski definition) is 9. The number of nitrogens with one attached hydrogen (secondary N) is 1. The van der Waals surface area contributed by atoms with Crippen molar-refractivity contribution in [3.63, 3.8) is 0 Å². The van der Waals surface area contributed by atoms with Crippen LogP contribution in [0.15, 0.2) is 42.5 Å². The number of aromatic hydroxyl groups is 1. The molecule has 0 atom stereocenters. The average Bonchev–Trinajstić information content (AvgIpc) is 2.98. The lowest BCUT2D eigenvalue weighted by molar-refractivity contribution is -0.111. The number of carbonyl (C=O) groups excluding carboxylic acids is 1. The van der Waals surface area contributed by atoms with Gasteiger partial charge in [0, 0.05) is 11.6 Å². The van der Waals surface area contributed by atoms with Gasteiger partial charge in [0.25, 0.3) is 0 Å². The Morgan fingerprint density at radius 1 is 0.625 bits per heavy atom. The van der Waals surface area contributed by atoms with Crippen LogP contribution in [0.5, 0.6) is 46.0 Å². The highest BCUT2D eigenvalue weighted by molar-refractivity contribution is 6.04. The summed E-state index contributed by atoms with van der Waals surface area (Å²) in [6.07, 6.45) is 6.43. The number of benzene rings is 3. The SMILES string of the molecule is COc1ccc(C=Cc2cc(OC)c(OC)c(OC)c2)c(NC(=O)/C=C/c2cc(OC)c(OC)c(OC)c2)c1O. The van der Waals surface area contributed by atoms with Crippen LogP contribution in [0.3, 0.4) is 0 Å². The van der Waals surface area contributed by atoms with Crippen molar-refractivity contribution in [2.45, 2.75) is 0 Å². The van der Waals surface area contributed by atoms with Crippen molar-refractivity contribution in [1.29, 1.82) is 0 Å². The Kier molecular flexibility index (Phi) is 10.1. The molecule has 0 saturated carbocycles. The normalized spacial score (nSPS) is 10.9. The molecule has 0 heterocycles. The number of methoxy groups -OCH3 is 7. The Balaban J connectivity index is 1.94. The summed E-state index contributed by atoms with van der Waals surface area (Å²) < 4.78 is 37.5. The lowest BCUT2D eigenvalue weighted by Gasteiger charge is -2.14. The molecule has 1 amide bonds. The molecule has 3 aromatic carbocycles. The molecule has 0 unspecified atom stereocenters. The highest BCUT2D eigenvalue weighted by atomic mass is 16.5. The van der Waals surface area contributed by atoms with E-state index in [2.05, 4.69) is 5.32 Å². The van der Waals surface area contributed by atoms with Gasteiger partial charge in [0.05, 0.1) is 55.5 Å². The first kappa shape index (κ1) is 29.6. The molecule has 40 heavy (non-hydrogen) atoms. The highest BCUT2D eigenvalue weighted by Crippen LogP contribution is 2.41. The first-order valence-electron chi connectivity index (χ1n) is 12.0. The summed E-state index contributed by atoms with van der Waals surface area (Å²) in [7, 11) is 10.6. The Hall–Kier alpha value is -4.99. The van der Waals surface area contributed by atoms with Crippen molar-refractivity contribution < 1.29 is 43.1 Å². The molecule has 0 fully saturated rings. The lowest BCUT2D eigenvalue weighted by Crippen LogP contribution is -2.09. The summed E-state index contributed by atoms with van der Waals surface area (Å²) in [5.41, 5.74) is 2.08. The molecule has 0 aliphatic heterocycles. The molecule has 0 bridgehead atoms. The molecule has 0 spiro atoms. The van der Waals surface area contributed by atoms with E-state index < -0.39 is 5.91 Å². The first-order chi connectivity index (χ1) is 19.3. The minimum Gasteiger partial charge on any atom is -0.503 e. The van der Waals surface area contributed by atoms with Crippen LogP contribution in [-0.4, -0.2) is 60.8 Å². The molecule has 0 radical (unpaired) electrons. The third kappa shape index (κ3) is 6.52. The van der Waals surface area contributed by atoms with Crippen LogP contribution >= 0.6 is 0 Å². The summed E-state index contributed by atoms with van der Waals surface area (Å²) in [5, 5.41) is 13.6. The van der Waals surface area contributed by atoms with Crippen LogP contribution in [0.4, 0.5) is 5.69 Å². The number of anilines is 1. The van der Waals surface area contributed by atoms with Gasteiger partial charge in [-0.3, -0.25) is 4.79 Å². The summed E-state index contributed by atoms with van der Waals surface area (Å²) in [6.45, 7) is 0. The van der Waals surface area contributed by atoms with Crippen LogP contribution in [0.2, 0.25) is 0 Å². The van der Waals surface area contributed by atoms with Gasteiger partial charge in [0.2, 0.25) is 17.4 Å². The third-order valence-corrected chi connectivity index (χ3v) is 5.90. The van der Waals surface area contributed by atoms with E-state index in [0.29, 0.717) is 45.6 Å². The first-order valence-corrected chi connectivity index (χ1v) is 12.0. The van der Waals surface area contributed by atoms with Crippen LogP contribution in [-0.2, 0) is 4.79 Å². The fourth-order valence-electron chi connectivity index (χ4n) is 3.94. The predicted octanol–water partition coefficient (Wildman–Crippen LogP) is 5.27. The van der Waals surface area contributed by atoms with Crippen LogP contribution in [0.25, 0.3) is 18.2 Å². The van der Waals surface area contributed by atoms with E-state index in [1.165, 1.54) is 55.8 Å². The van der Waals surface area contributed by atoms with Gasteiger partial charge in [-0.15, -0.1) is 0 Å².